The van der Waals surface area contributed by atoms with Crippen molar-refractivity contribution in [3.63, 3.8) is 0 Å². The monoisotopic (exact) mass is 684 g/mol. The number of benzene rings is 2. The fourth-order valence-corrected chi connectivity index (χ4v) is 7.10. The third kappa shape index (κ3) is 6.66. The molecule has 3 N–H and O–H groups in total. The number of aryl methyl sites for hydroxylation is 1. The van der Waals surface area contributed by atoms with Crippen molar-refractivity contribution in [3.8, 4) is 39.5 Å². The summed E-state index contributed by atoms with van der Waals surface area (Å²) in [5, 5.41) is 12.1. The van der Waals surface area contributed by atoms with Gasteiger partial charge < -0.3 is 30.0 Å². The van der Waals surface area contributed by atoms with Gasteiger partial charge in [0, 0.05) is 91.7 Å². The van der Waals surface area contributed by atoms with E-state index < -0.39 is 0 Å². The molecule has 0 bridgehead atoms. The summed E-state index contributed by atoms with van der Waals surface area (Å²) in [5.74, 6) is 0.626. The number of ether oxygens (including phenoxy) is 2. The molecule has 3 aromatic heterocycles. The van der Waals surface area contributed by atoms with Crippen molar-refractivity contribution in [1.29, 1.82) is 0 Å². The molecule has 0 aliphatic carbocycles. The molecule has 2 aromatic carbocycles. The normalized spacial score (nSPS) is 17.5. The lowest BCUT2D eigenvalue weighted by Gasteiger charge is -2.26. The van der Waals surface area contributed by atoms with Crippen LogP contribution in [0.3, 0.4) is 0 Å². The molecule has 2 saturated heterocycles. The van der Waals surface area contributed by atoms with Gasteiger partial charge in [-0.25, -0.2) is 9.97 Å². The first-order chi connectivity index (χ1) is 23.4. The molecule has 1 amide bonds. The van der Waals surface area contributed by atoms with Crippen LogP contribution in [0.25, 0.3) is 44.7 Å². The Labute approximate surface area is 290 Å². The molecule has 2 aliphatic heterocycles. The Balaban J connectivity index is 1.12. The highest BCUT2D eigenvalue weighted by Crippen LogP contribution is 2.42. The van der Waals surface area contributed by atoms with E-state index in [4.69, 9.17) is 42.6 Å². The number of rotatable bonds is 12. The van der Waals surface area contributed by atoms with Crippen LogP contribution in [-0.4, -0.2) is 59.4 Å². The highest BCUT2D eigenvalue weighted by Gasteiger charge is 2.22. The quantitative estimate of drug-likeness (QED) is 0.137. The molecule has 2 fully saturated rings. The number of hydrogen-bond acceptors (Lipinski definition) is 7. The van der Waals surface area contributed by atoms with E-state index in [0.717, 1.165) is 77.1 Å². The second-order valence-electron chi connectivity index (χ2n) is 12.4. The third-order valence-electron chi connectivity index (χ3n) is 9.15. The Hall–Kier alpha value is -3.99. The Kier molecular flexibility index (Phi) is 9.66. The van der Waals surface area contributed by atoms with Gasteiger partial charge >= 0.3 is 0 Å². The number of carbonyl (C=O) groups is 1. The molecule has 0 spiro atoms. The van der Waals surface area contributed by atoms with E-state index >= 15 is 0 Å². The van der Waals surface area contributed by atoms with Gasteiger partial charge in [-0.2, -0.15) is 0 Å². The van der Waals surface area contributed by atoms with Gasteiger partial charge in [0.05, 0.1) is 34.6 Å². The largest absolute Gasteiger partial charge is 0.481 e. The van der Waals surface area contributed by atoms with E-state index in [9.17, 15) is 4.79 Å². The Bertz CT molecular complexity index is 1970. The van der Waals surface area contributed by atoms with Crippen molar-refractivity contribution in [1.82, 2.24) is 30.5 Å². The molecule has 11 heteroatoms. The minimum Gasteiger partial charge on any atom is -0.481 e. The molecule has 5 aromatic rings. The van der Waals surface area contributed by atoms with Gasteiger partial charge in [-0.3, -0.25) is 4.79 Å². The minimum absolute atomic E-state index is 0.107. The summed E-state index contributed by atoms with van der Waals surface area (Å²) in [5.41, 5.74) is 7.71. The average Bonchev–Trinajstić information content (AvgIpc) is 3.64. The van der Waals surface area contributed by atoms with Gasteiger partial charge in [0.15, 0.2) is 0 Å². The summed E-state index contributed by atoms with van der Waals surface area (Å²) < 4.78 is 13.3. The van der Waals surface area contributed by atoms with Crippen molar-refractivity contribution in [2.75, 3.05) is 26.8 Å². The number of halogens is 2. The van der Waals surface area contributed by atoms with E-state index in [1.807, 2.05) is 61.6 Å². The predicted octanol–water partition coefficient (Wildman–Crippen LogP) is 6.53. The molecule has 248 valence electrons. The lowest BCUT2D eigenvalue weighted by atomic mass is 9.98. The van der Waals surface area contributed by atoms with Crippen LogP contribution in [-0.2, 0) is 29.7 Å². The number of amides is 1. The van der Waals surface area contributed by atoms with Crippen molar-refractivity contribution in [2.24, 2.45) is 7.05 Å². The van der Waals surface area contributed by atoms with Crippen molar-refractivity contribution in [3.05, 3.63) is 88.0 Å². The first kappa shape index (κ1) is 32.6. The number of methoxy groups -OCH3 is 1. The van der Waals surface area contributed by atoms with Gasteiger partial charge in [0.2, 0.25) is 11.8 Å². The predicted molar refractivity (Wildman–Crippen MR) is 190 cm³/mol. The van der Waals surface area contributed by atoms with Crippen LogP contribution in [0.1, 0.15) is 30.4 Å². The lowest BCUT2D eigenvalue weighted by Crippen LogP contribution is -2.36. The third-order valence-corrected chi connectivity index (χ3v) is 9.96. The molecule has 2 aliphatic rings. The second-order valence-corrected chi connectivity index (χ2v) is 13.1. The summed E-state index contributed by atoms with van der Waals surface area (Å²) in [6.45, 7) is 3.72. The van der Waals surface area contributed by atoms with Crippen LogP contribution >= 0.6 is 23.2 Å². The smallest absolute Gasteiger partial charge is 0.220 e. The fraction of sp³-hybridized carbons (Fsp3) is 0.324. The number of aromatic nitrogens is 3. The molecule has 2 atom stereocenters. The summed E-state index contributed by atoms with van der Waals surface area (Å²) in [4.78, 5) is 21.4. The molecule has 7 rings (SSSR count). The van der Waals surface area contributed by atoms with Crippen LogP contribution in [0.2, 0.25) is 10.0 Å². The Morgan fingerprint density at radius 3 is 2.17 bits per heavy atom. The molecule has 2 unspecified atom stereocenters. The zero-order valence-corrected chi connectivity index (χ0v) is 28.5. The molecular formula is C37H38Cl2N6O3. The van der Waals surface area contributed by atoms with Crippen LogP contribution < -0.4 is 20.7 Å². The second kappa shape index (κ2) is 14.2. The topological polar surface area (TPSA) is 102 Å². The molecule has 5 heterocycles. The number of nitrogens with one attached hydrogen (secondary N) is 3. The molecule has 48 heavy (non-hydrogen) atoms. The first-order valence-corrected chi connectivity index (χ1v) is 17.0. The number of nitrogens with zero attached hydrogens (tertiary/aromatic N) is 3. The Morgan fingerprint density at radius 2 is 1.52 bits per heavy atom. The van der Waals surface area contributed by atoms with Gasteiger partial charge in [-0.1, -0.05) is 65.7 Å². The number of pyridine rings is 2. The van der Waals surface area contributed by atoms with E-state index in [1.165, 1.54) is 5.56 Å². The van der Waals surface area contributed by atoms with Gasteiger partial charge in [0.25, 0.3) is 0 Å². The van der Waals surface area contributed by atoms with E-state index in [1.54, 1.807) is 7.11 Å². The number of fused-ring (bicyclic) bond motifs is 1. The summed E-state index contributed by atoms with van der Waals surface area (Å²) in [6.07, 6.45) is 4.99. The SMILES string of the molecule is COc1nc(-c2cccc(-c3cccc(-c4ccc5c(CNCC6CCO6)cn(C)c5n4)c3Cl)c2Cl)ccc1CNCC1CCC(=O)N1. The summed E-state index contributed by atoms with van der Waals surface area (Å²) >= 11 is 14.2. The first-order valence-electron chi connectivity index (χ1n) is 16.3. The van der Waals surface area contributed by atoms with Crippen LogP contribution in [0.4, 0.5) is 0 Å². The number of hydrogen-bond donors (Lipinski definition) is 3. The lowest BCUT2D eigenvalue weighted by molar-refractivity contribution is -0.119. The maximum atomic E-state index is 11.5. The van der Waals surface area contributed by atoms with Crippen molar-refractivity contribution >= 4 is 40.1 Å². The maximum absolute atomic E-state index is 11.5. The van der Waals surface area contributed by atoms with E-state index in [-0.39, 0.29) is 11.9 Å². The minimum atomic E-state index is 0.107. The average molecular weight is 686 g/mol. The van der Waals surface area contributed by atoms with Gasteiger partial charge in [-0.15, -0.1) is 0 Å². The fourth-order valence-electron chi connectivity index (χ4n) is 6.45. The highest BCUT2D eigenvalue weighted by atomic mass is 35.5. The van der Waals surface area contributed by atoms with Crippen molar-refractivity contribution in [2.45, 2.75) is 44.5 Å². The van der Waals surface area contributed by atoms with Crippen molar-refractivity contribution < 1.29 is 14.3 Å². The highest BCUT2D eigenvalue weighted by molar-refractivity contribution is 6.39. The molecule has 0 radical (unpaired) electrons. The van der Waals surface area contributed by atoms with E-state index in [2.05, 4.69) is 32.8 Å². The maximum Gasteiger partial charge on any atom is 0.220 e. The van der Waals surface area contributed by atoms with Crippen LogP contribution in [0, 0.1) is 0 Å². The molecule has 0 saturated carbocycles. The number of carbonyl (C=O) groups excluding carboxylic acids is 1. The summed E-state index contributed by atoms with van der Waals surface area (Å²) in [6, 6.07) is 20.1. The van der Waals surface area contributed by atoms with Gasteiger partial charge in [0.1, 0.15) is 5.65 Å². The van der Waals surface area contributed by atoms with E-state index in [0.29, 0.717) is 47.2 Å². The standard InChI is InChI=1S/C37H38Cl2N6O3/c1-45-21-23(18-41-20-25-15-16-48-25)26-11-13-31(43-36(26)45)29-7-3-5-27(34(29)38)28-6-4-8-30(35(28)39)32-12-9-22(37(44-32)47-2)17-40-19-24-10-14-33(46)42-24/h3-9,11-13,21,24-25,40-41H,10,14-20H2,1-2H3,(H,42,46). The molecule has 9 nitrogen and oxygen atoms in total. The Morgan fingerprint density at radius 1 is 0.875 bits per heavy atom. The zero-order valence-electron chi connectivity index (χ0n) is 27.0. The molecular weight excluding hydrogens is 647 g/mol. The van der Waals surface area contributed by atoms with Gasteiger partial charge in [-0.05, 0) is 36.6 Å². The zero-order chi connectivity index (χ0) is 33.2. The van der Waals surface area contributed by atoms with Crippen LogP contribution in [0.15, 0.2) is 66.9 Å². The summed E-state index contributed by atoms with van der Waals surface area (Å²) in [7, 11) is 3.63. The van der Waals surface area contributed by atoms with Crippen LogP contribution in [0.5, 0.6) is 5.88 Å².